The van der Waals surface area contributed by atoms with E-state index in [0.29, 0.717) is 11.7 Å². The minimum atomic E-state index is -0.428. The molecule has 0 aliphatic carbocycles. The van der Waals surface area contributed by atoms with Crippen LogP contribution in [0.4, 0.5) is 0 Å². The molecule has 0 heterocycles. The molecule has 0 aliphatic heterocycles. The fraction of sp³-hybridized carbons (Fsp3) is 0.130. The molecule has 142 valence electrons. The first-order chi connectivity index (χ1) is 13.7. The minimum absolute atomic E-state index is 0.162. The van der Waals surface area contributed by atoms with Crippen LogP contribution in [0, 0.1) is 0 Å². The minimum Gasteiger partial charge on any atom is -0.497 e. The summed E-state index contributed by atoms with van der Waals surface area (Å²) in [5.74, 6) is 0.209. The molecular weight excluding hydrogens is 368 g/mol. The Morgan fingerprint density at radius 2 is 1.43 bits per heavy atom. The van der Waals surface area contributed by atoms with Crippen molar-refractivity contribution >= 4 is 23.2 Å². The second kappa shape index (κ2) is 9.67. The molecule has 0 saturated carbocycles. The summed E-state index contributed by atoms with van der Waals surface area (Å²) in [7, 11) is 1.63. The van der Waals surface area contributed by atoms with Gasteiger partial charge in [0.2, 0.25) is 5.91 Å². The van der Waals surface area contributed by atoms with Gasteiger partial charge in [0.05, 0.1) is 13.0 Å². The third-order valence-electron chi connectivity index (χ3n) is 4.38. The van der Waals surface area contributed by atoms with Gasteiger partial charge in [0, 0.05) is 6.54 Å². The molecule has 0 unspecified atom stereocenters. The van der Waals surface area contributed by atoms with Crippen LogP contribution < -0.4 is 15.4 Å². The van der Waals surface area contributed by atoms with Gasteiger partial charge in [-0.3, -0.25) is 4.79 Å². The van der Waals surface area contributed by atoms with Crippen LogP contribution in [-0.2, 0) is 11.3 Å². The molecule has 5 heteroatoms. The van der Waals surface area contributed by atoms with E-state index in [0.717, 1.165) is 22.4 Å². The third-order valence-corrected chi connectivity index (χ3v) is 4.62. The van der Waals surface area contributed by atoms with Gasteiger partial charge in [0.15, 0.2) is 5.11 Å². The number of ether oxygens (including phenoxy) is 1. The molecular formula is C23H22N2O2S. The number of benzene rings is 3. The zero-order chi connectivity index (χ0) is 19.8. The topological polar surface area (TPSA) is 50.4 Å². The highest BCUT2D eigenvalue weighted by molar-refractivity contribution is 7.80. The maximum Gasteiger partial charge on any atom is 0.238 e. The molecule has 0 spiro atoms. The Hall–Kier alpha value is -3.18. The summed E-state index contributed by atoms with van der Waals surface area (Å²) < 4.78 is 5.15. The Morgan fingerprint density at radius 1 is 0.893 bits per heavy atom. The van der Waals surface area contributed by atoms with E-state index >= 15 is 0 Å². The van der Waals surface area contributed by atoms with E-state index in [9.17, 15) is 4.79 Å². The van der Waals surface area contributed by atoms with Crippen LogP contribution in [-0.4, -0.2) is 18.1 Å². The molecule has 0 fully saturated rings. The SMILES string of the molecule is COc1ccc(CNC(=S)NC(=O)C(c2ccccc2)c2ccccc2)cc1. The van der Waals surface area contributed by atoms with E-state index in [1.807, 2.05) is 84.9 Å². The molecule has 3 aromatic rings. The molecule has 3 aromatic carbocycles. The molecule has 0 radical (unpaired) electrons. The fourth-order valence-corrected chi connectivity index (χ4v) is 3.11. The van der Waals surface area contributed by atoms with Crippen LogP contribution in [0.25, 0.3) is 0 Å². The summed E-state index contributed by atoms with van der Waals surface area (Å²) in [4.78, 5) is 13.0. The summed E-state index contributed by atoms with van der Waals surface area (Å²) in [6, 6.07) is 27.1. The molecule has 1 amide bonds. The fourth-order valence-electron chi connectivity index (χ4n) is 2.94. The lowest BCUT2D eigenvalue weighted by Gasteiger charge is -2.18. The van der Waals surface area contributed by atoms with Crippen molar-refractivity contribution in [3.63, 3.8) is 0 Å². The Balaban J connectivity index is 1.66. The van der Waals surface area contributed by atoms with Crippen molar-refractivity contribution in [3.8, 4) is 5.75 Å². The van der Waals surface area contributed by atoms with Gasteiger partial charge < -0.3 is 15.4 Å². The normalized spacial score (nSPS) is 10.4. The monoisotopic (exact) mass is 390 g/mol. The second-order valence-corrected chi connectivity index (χ2v) is 6.68. The van der Waals surface area contributed by atoms with Gasteiger partial charge in [-0.15, -0.1) is 0 Å². The van der Waals surface area contributed by atoms with Crippen molar-refractivity contribution in [2.45, 2.75) is 12.5 Å². The predicted molar refractivity (Wildman–Crippen MR) is 115 cm³/mol. The number of thiocarbonyl (C=S) groups is 1. The molecule has 0 aromatic heterocycles. The lowest BCUT2D eigenvalue weighted by Crippen LogP contribution is -2.41. The van der Waals surface area contributed by atoms with Crippen molar-refractivity contribution in [1.29, 1.82) is 0 Å². The van der Waals surface area contributed by atoms with Gasteiger partial charge in [-0.25, -0.2) is 0 Å². The molecule has 28 heavy (non-hydrogen) atoms. The number of amides is 1. The summed E-state index contributed by atoms with van der Waals surface area (Å²) in [5, 5.41) is 6.21. The van der Waals surface area contributed by atoms with Crippen molar-refractivity contribution in [2.75, 3.05) is 7.11 Å². The van der Waals surface area contributed by atoms with E-state index in [1.54, 1.807) is 7.11 Å². The molecule has 0 bridgehead atoms. The van der Waals surface area contributed by atoms with Crippen molar-refractivity contribution < 1.29 is 9.53 Å². The summed E-state index contributed by atoms with van der Waals surface area (Å²) in [5.41, 5.74) is 2.88. The molecule has 0 aliphatic rings. The van der Waals surface area contributed by atoms with Gasteiger partial charge in [-0.1, -0.05) is 72.8 Å². The number of hydrogen-bond acceptors (Lipinski definition) is 3. The maximum atomic E-state index is 13.0. The van der Waals surface area contributed by atoms with Crippen LogP contribution in [0.3, 0.4) is 0 Å². The zero-order valence-electron chi connectivity index (χ0n) is 15.6. The van der Waals surface area contributed by atoms with Crippen LogP contribution in [0.2, 0.25) is 0 Å². The highest BCUT2D eigenvalue weighted by Gasteiger charge is 2.23. The number of carbonyl (C=O) groups excluding carboxylic acids is 1. The number of hydrogen-bond donors (Lipinski definition) is 2. The van der Waals surface area contributed by atoms with E-state index in [1.165, 1.54) is 0 Å². The molecule has 3 rings (SSSR count). The van der Waals surface area contributed by atoms with E-state index < -0.39 is 5.92 Å². The Kier molecular flexibility index (Phi) is 6.76. The van der Waals surface area contributed by atoms with Gasteiger partial charge in [0.25, 0.3) is 0 Å². The van der Waals surface area contributed by atoms with E-state index in [2.05, 4.69) is 10.6 Å². The number of rotatable bonds is 6. The van der Waals surface area contributed by atoms with Crippen molar-refractivity contribution in [1.82, 2.24) is 10.6 Å². The average molecular weight is 391 g/mol. The molecule has 0 saturated heterocycles. The van der Waals surface area contributed by atoms with Crippen LogP contribution in [0.15, 0.2) is 84.9 Å². The molecule has 2 N–H and O–H groups in total. The van der Waals surface area contributed by atoms with Gasteiger partial charge >= 0.3 is 0 Å². The first-order valence-corrected chi connectivity index (χ1v) is 9.39. The molecule has 4 nitrogen and oxygen atoms in total. The number of carbonyl (C=O) groups is 1. The van der Waals surface area contributed by atoms with Crippen molar-refractivity contribution in [3.05, 3.63) is 102 Å². The van der Waals surface area contributed by atoms with Crippen LogP contribution in [0.5, 0.6) is 5.75 Å². The Labute approximate surface area is 170 Å². The van der Waals surface area contributed by atoms with E-state index in [4.69, 9.17) is 17.0 Å². The van der Waals surface area contributed by atoms with Gasteiger partial charge in [-0.2, -0.15) is 0 Å². The lowest BCUT2D eigenvalue weighted by atomic mass is 9.90. The second-order valence-electron chi connectivity index (χ2n) is 6.27. The smallest absolute Gasteiger partial charge is 0.238 e. The van der Waals surface area contributed by atoms with Crippen LogP contribution >= 0.6 is 12.2 Å². The van der Waals surface area contributed by atoms with E-state index in [-0.39, 0.29) is 5.91 Å². The number of nitrogens with one attached hydrogen (secondary N) is 2. The van der Waals surface area contributed by atoms with Crippen LogP contribution in [0.1, 0.15) is 22.6 Å². The Morgan fingerprint density at radius 3 is 1.93 bits per heavy atom. The lowest BCUT2D eigenvalue weighted by molar-refractivity contribution is -0.120. The largest absolute Gasteiger partial charge is 0.497 e. The average Bonchev–Trinajstić information content (AvgIpc) is 2.74. The number of methoxy groups -OCH3 is 1. The summed E-state index contributed by atoms with van der Waals surface area (Å²) >= 11 is 5.33. The van der Waals surface area contributed by atoms with Gasteiger partial charge in [0.1, 0.15) is 5.75 Å². The quantitative estimate of drug-likeness (QED) is 0.624. The highest BCUT2D eigenvalue weighted by atomic mass is 32.1. The molecule has 0 atom stereocenters. The summed E-state index contributed by atoms with van der Waals surface area (Å²) in [6.45, 7) is 0.518. The first-order valence-electron chi connectivity index (χ1n) is 8.99. The zero-order valence-corrected chi connectivity index (χ0v) is 16.4. The third kappa shape index (κ3) is 5.18. The first kappa shape index (κ1) is 19.6. The van der Waals surface area contributed by atoms with Crippen molar-refractivity contribution in [2.24, 2.45) is 0 Å². The Bertz CT molecular complexity index is 873. The van der Waals surface area contributed by atoms with Gasteiger partial charge in [-0.05, 0) is 41.0 Å². The maximum absolute atomic E-state index is 13.0. The highest BCUT2D eigenvalue weighted by Crippen LogP contribution is 2.24. The standard InChI is InChI=1S/C23H22N2O2S/c1-27-20-14-12-17(13-15-20)16-24-23(28)25-22(26)21(18-8-4-2-5-9-18)19-10-6-3-7-11-19/h2-15,21H,16H2,1H3,(H2,24,25,26,28). The summed E-state index contributed by atoms with van der Waals surface area (Å²) in [6.07, 6.45) is 0. The predicted octanol–water partition coefficient (Wildman–Crippen LogP) is 4.02.